The van der Waals surface area contributed by atoms with Gasteiger partial charge < -0.3 is 10.1 Å². The highest BCUT2D eigenvalue weighted by atomic mass is 16.5. The third-order valence-electron chi connectivity index (χ3n) is 3.82. The highest BCUT2D eigenvalue weighted by Gasteiger charge is 2.16. The molecular formula is C21H20N2O2. The van der Waals surface area contributed by atoms with Gasteiger partial charge in [0, 0.05) is 18.9 Å². The summed E-state index contributed by atoms with van der Waals surface area (Å²) in [5.74, 6) is -0.145. The zero-order chi connectivity index (χ0) is 17.3. The fourth-order valence-electron chi connectivity index (χ4n) is 2.55. The summed E-state index contributed by atoms with van der Waals surface area (Å²) in [5, 5.41) is 2.87. The molecule has 0 saturated carbocycles. The summed E-state index contributed by atoms with van der Waals surface area (Å²) >= 11 is 0. The summed E-state index contributed by atoms with van der Waals surface area (Å²) < 4.78 is 5.94. The Labute approximate surface area is 147 Å². The fraction of sp³-hybridized carbons (Fsp3) is 0.143. The Kier molecular flexibility index (Phi) is 5.91. The lowest BCUT2D eigenvalue weighted by Crippen LogP contribution is -2.28. The molecule has 0 unspecified atom stereocenters. The number of ether oxygens (including phenoxy) is 1. The topological polar surface area (TPSA) is 51.2 Å². The van der Waals surface area contributed by atoms with Crippen molar-refractivity contribution in [3.63, 3.8) is 0 Å². The number of nitrogens with zero attached hydrogens (tertiary/aromatic N) is 1. The van der Waals surface area contributed by atoms with Crippen LogP contribution in [0.5, 0.6) is 0 Å². The van der Waals surface area contributed by atoms with E-state index in [0.717, 1.165) is 16.7 Å². The lowest BCUT2D eigenvalue weighted by molar-refractivity contribution is -0.127. The molecule has 4 nitrogen and oxygen atoms in total. The molecule has 0 fully saturated rings. The first-order valence-electron chi connectivity index (χ1n) is 8.20. The molecule has 3 aromatic rings. The number of carbonyl (C=O) groups excluding carboxylic acids is 1. The highest BCUT2D eigenvalue weighted by Crippen LogP contribution is 2.25. The minimum Gasteiger partial charge on any atom is -0.359 e. The smallest absolute Gasteiger partial charge is 0.246 e. The van der Waals surface area contributed by atoms with Crippen LogP contribution in [-0.2, 0) is 16.1 Å². The number of amides is 1. The van der Waals surface area contributed by atoms with E-state index in [1.165, 1.54) is 0 Å². The van der Waals surface area contributed by atoms with Gasteiger partial charge in [-0.2, -0.15) is 0 Å². The number of hydrogen-bond acceptors (Lipinski definition) is 3. The van der Waals surface area contributed by atoms with Crippen LogP contribution in [0.2, 0.25) is 0 Å². The lowest BCUT2D eigenvalue weighted by atomic mass is 10.0. The number of rotatable bonds is 7. The summed E-state index contributed by atoms with van der Waals surface area (Å²) in [7, 11) is 0. The molecule has 3 rings (SSSR count). The number of aromatic nitrogens is 1. The Morgan fingerprint density at radius 2 is 1.44 bits per heavy atom. The van der Waals surface area contributed by atoms with Crippen LogP contribution in [0.1, 0.15) is 22.8 Å². The van der Waals surface area contributed by atoms with Gasteiger partial charge in [-0.1, -0.05) is 60.7 Å². The Morgan fingerprint density at radius 1 is 0.880 bits per heavy atom. The third kappa shape index (κ3) is 4.99. The molecule has 0 bridgehead atoms. The maximum Gasteiger partial charge on any atom is 0.246 e. The summed E-state index contributed by atoms with van der Waals surface area (Å²) in [6.07, 6.45) is 3.14. The van der Waals surface area contributed by atoms with E-state index in [1.807, 2.05) is 72.8 Å². The SMILES string of the molecule is O=C(COC(c1ccccc1)c1ccccc1)NCc1ccncc1. The maximum absolute atomic E-state index is 12.1. The molecule has 126 valence electrons. The zero-order valence-corrected chi connectivity index (χ0v) is 13.8. The van der Waals surface area contributed by atoms with Crippen LogP contribution in [0.15, 0.2) is 85.2 Å². The number of pyridine rings is 1. The van der Waals surface area contributed by atoms with Crippen LogP contribution >= 0.6 is 0 Å². The number of hydrogen-bond donors (Lipinski definition) is 1. The van der Waals surface area contributed by atoms with E-state index in [4.69, 9.17) is 4.74 Å². The van der Waals surface area contributed by atoms with Gasteiger partial charge in [-0.05, 0) is 28.8 Å². The van der Waals surface area contributed by atoms with Gasteiger partial charge in [-0.15, -0.1) is 0 Å². The molecule has 1 amide bonds. The number of nitrogens with one attached hydrogen (secondary N) is 1. The second-order valence-corrected chi connectivity index (χ2v) is 5.64. The van der Waals surface area contributed by atoms with E-state index in [9.17, 15) is 4.79 Å². The van der Waals surface area contributed by atoms with Crippen molar-refractivity contribution < 1.29 is 9.53 Å². The van der Waals surface area contributed by atoms with E-state index < -0.39 is 0 Å². The maximum atomic E-state index is 12.1. The molecule has 0 aliphatic heterocycles. The first-order valence-corrected chi connectivity index (χ1v) is 8.20. The van der Waals surface area contributed by atoms with Crippen LogP contribution in [0.25, 0.3) is 0 Å². The van der Waals surface area contributed by atoms with Crippen LogP contribution in [0.3, 0.4) is 0 Å². The van der Waals surface area contributed by atoms with Gasteiger partial charge in [0.2, 0.25) is 5.91 Å². The molecule has 0 spiro atoms. The average Bonchev–Trinajstić information content (AvgIpc) is 2.69. The first kappa shape index (κ1) is 16.9. The summed E-state index contributed by atoms with van der Waals surface area (Å²) in [5.41, 5.74) is 3.05. The Bertz CT molecular complexity index is 737. The second-order valence-electron chi connectivity index (χ2n) is 5.64. The van der Waals surface area contributed by atoms with Crippen LogP contribution in [0, 0.1) is 0 Å². The largest absolute Gasteiger partial charge is 0.359 e. The van der Waals surface area contributed by atoms with Crippen molar-refractivity contribution in [3.05, 3.63) is 102 Å². The molecule has 2 aromatic carbocycles. The average molecular weight is 332 g/mol. The van der Waals surface area contributed by atoms with Crippen molar-refractivity contribution in [1.82, 2.24) is 10.3 Å². The molecule has 0 saturated heterocycles. The lowest BCUT2D eigenvalue weighted by Gasteiger charge is -2.18. The first-order chi connectivity index (χ1) is 12.3. The van der Waals surface area contributed by atoms with Crippen LogP contribution < -0.4 is 5.32 Å². The molecule has 1 heterocycles. The monoisotopic (exact) mass is 332 g/mol. The van der Waals surface area contributed by atoms with E-state index in [1.54, 1.807) is 12.4 Å². The van der Waals surface area contributed by atoms with Crippen molar-refractivity contribution >= 4 is 5.91 Å². The van der Waals surface area contributed by atoms with Gasteiger partial charge in [0.05, 0.1) is 0 Å². The molecule has 0 aliphatic carbocycles. The molecule has 0 atom stereocenters. The van der Waals surface area contributed by atoms with Gasteiger partial charge in [0.15, 0.2) is 0 Å². The Hall–Kier alpha value is -2.98. The molecule has 0 aliphatic rings. The normalized spacial score (nSPS) is 10.6. The van der Waals surface area contributed by atoms with Crippen molar-refractivity contribution in [3.8, 4) is 0 Å². The molecule has 1 aromatic heterocycles. The molecule has 0 radical (unpaired) electrons. The fourth-order valence-corrected chi connectivity index (χ4v) is 2.55. The minimum absolute atomic E-state index is 0.000458. The van der Waals surface area contributed by atoms with E-state index >= 15 is 0 Å². The third-order valence-corrected chi connectivity index (χ3v) is 3.82. The van der Waals surface area contributed by atoms with Gasteiger partial charge in [-0.3, -0.25) is 9.78 Å². The second kappa shape index (κ2) is 8.76. The predicted octanol–water partition coefficient (Wildman–Crippen LogP) is 3.50. The quantitative estimate of drug-likeness (QED) is 0.720. The van der Waals surface area contributed by atoms with Gasteiger partial charge >= 0.3 is 0 Å². The number of carbonyl (C=O) groups is 1. The highest BCUT2D eigenvalue weighted by molar-refractivity contribution is 5.77. The molecule has 1 N–H and O–H groups in total. The van der Waals surface area contributed by atoms with Crippen LogP contribution in [-0.4, -0.2) is 17.5 Å². The minimum atomic E-state index is -0.269. The number of benzene rings is 2. The van der Waals surface area contributed by atoms with Crippen molar-refractivity contribution in [2.24, 2.45) is 0 Å². The van der Waals surface area contributed by atoms with Crippen molar-refractivity contribution in [2.75, 3.05) is 6.61 Å². The Balaban J connectivity index is 1.62. The van der Waals surface area contributed by atoms with Crippen molar-refractivity contribution in [2.45, 2.75) is 12.6 Å². The van der Waals surface area contributed by atoms with E-state index in [0.29, 0.717) is 6.54 Å². The van der Waals surface area contributed by atoms with Gasteiger partial charge in [-0.25, -0.2) is 0 Å². The van der Waals surface area contributed by atoms with E-state index in [-0.39, 0.29) is 18.6 Å². The zero-order valence-electron chi connectivity index (χ0n) is 13.8. The molecular weight excluding hydrogens is 312 g/mol. The summed E-state index contributed by atoms with van der Waals surface area (Å²) in [4.78, 5) is 16.1. The summed E-state index contributed by atoms with van der Waals surface area (Å²) in [6.45, 7) is 0.464. The standard InChI is InChI=1S/C21H20N2O2/c24-20(23-15-17-11-13-22-14-12-17)16-25-21(18-7-3-1-4-8-18)19-9-5-2-6-10-19/h1-14,21H,15-16H2,(H,23,24). The van der Waals surface area contributed by atoms with Crippen LogP contribution in [0.4, 0.5) is 0 Å². The van der Waals surface area contributed by atoms with Gasteiger partial charge in [0.1, 0.15) is 12.7 Å². The van der Waals surface area contributed by atoms with Crippen molar-refractivity contribution in [1.29, 1.82) is 0 Å². The molecule has 25 heavy (non-hydrogen) atoms. The summed E-state index contributed by atoms with van der Waals surface area (Å²) in [6, 6.07) is 23.6. The van der Waals surface area contributed by atoms with E-state index in [2.05, 4.69) is 10.3 Å². The van der Waals surface area contributed by atoms with Gasteiger partial charge in [0.25, 0.3) is 0 Å². The predicted molar refractivity (Wildman–Crippen MR) is 96.8 cm³/mol. The Morgan fingerprint density at radius 3 is 2.00 bits per heavy atom. The molecule has 4 heteroatoms.